The summed E-state index contributed by atoms with van der Waals surface area (Å²) in [6, 6.07) is 4.25. The van der Waals surface area contributed by atoms with Gasteiger partial charge in [0.1, 0.15) is 5.82 Å². The predicted octanol–water partition coefficient (Wildman–Crippen LogP) is 2.94. The second-order valence-corrected chi connectivity index (χ2v) is 5.24. The van der Waals surface area contributed by atoms with E-state index in [2.05, 4.69) is 10.3 Å². The van der Waals surface area contributed by atoms with E-state index in [0.717, 1.165) is 23.0 Å². The van der Waals surface area contributed by atoms with Gasteiger partial charge in [0.25, 0.3) is 5.91 Å². The summed E-state index contributed by atoms with van der Waals surface area (Å²) in [5.74, 6) is -2.28. The normalized spacial score (nSPS) is 10.8. The highest BCUT2D eigenvalue weighted by Gasteiger charge is 2.13. The van der Waals surface area contributed by atoms with Gasteiger partial charge in [-0.25, -0.2) is 14.2 Å². The molecule has 0 radical (unpaired) electrons. The molecule has 7 heteroatoms. The number of rotatable bonds is 4. The van der Waals surface area contributed by atoms with Gasteiger partial charge in [-0.05, 0) is 25.1 Å². The SMILES string of the molecule is Cc1ccc(F)c(C(=O)Nc2ncc(C=CC(=O)O)s2)c1. The van der Waals surface area contributed by atoms with Crippen molar-refractivity contribution in [3.63, 3.8) is 0 Å². The fourth-order valence-corrected chi connectivity index (χ4v) is 2.27. The van der Waals surface area contributed by atoms with Crippen molar-refractivity contribution in [2.75, 3.05) is 5.32 Å². The molecule has 0 spiro atoms. The molecule has 0 bridgehead atoms. The third-order valence-corrected chi connectivity index (χ3v) is 3.38. The highest BCUT2D eigenvalue weighted by Crippen LogP contribution is 2.20. The number of benzene rings is 1. The lowest BCUT2D eigenvalue weighted by atomic mass is 10.1. The van der Waals surface area contributed by atoms with Crippen molar-refractivity contribution in [2.45, 2.75) is 6.92 Å². The van der Waals surface area contributed by atoms with Crippen LogP contribution < -0.4 is 5.32 Å². The summed E-state index contributed by atoms with van der Waals surface area (Å²) in [5.41, 5.74) is 0.707. The number of hydrogen-bond acceptors (Lipinski definition) is 4. The van der Waals surface area contributed by atoms with Gasteiger partial charge in [0.15, 0.2) is 5.13 Å². The number of hydrogen-bond donors (Lipinski definition) is 2. The van der Waals surface area contributed by atoms with Gasteiger partial charge in [-0.2, -0.15) is 0 Å². The average molecular weight is 306 g/mol. The maximum absolute atomic E-state index is 13.6. The van der Waals surface area contributed by atoms with Crippen LogP contribution in [0, 0.1) is 12.7 Å². The molecule has 21 heavy (non-hydrogen) atoms. The Morgan fingerprint density at radius 1 is 1.43 bits per heavy atom. The number of nitrogens with one attached hydrogen (secondary N) is 1. The standard InChI is InChI=1S/C14H11FN2O3S/c1-8-2-4-11(15)10(6-8)13(20)17-14-16-7-9(21-14)3-5-12(18)19/h2-7H,1H3,(H,18,19)(H,16,17,20). The van der Waals surface area contributed by atoms with Crippen LogP contribution >= 0.6 is 11.3 Å². The number of amides is 1. The molecule has 1 amide bonds. The van der Waals surface area contributed by atoms with E-state index in [1.54, 1.807) is 13.0 Å². The van der Waals surface area contributed by atoms with Crippen molar-refractivity contribution in [3.05, 3.63) is 52.3 Å². The fourth-order valence-electron chi connectivity index (χ4n) is 1.55. The van der Waals surface area contributed by atoms with E-state index in [-0.39, 0.29) is 10.7 Å². The van der Waals surface area contributed by atoms with Crippen molar-refractivity contribution in [1.29, 1.82) is 0 Å². The monoisotopic (exact) mass is 306 g/mol. The Balaban J connectivity index is 2.13. The molecule has 2 N–H and O–H groups in total. The van der Waals surface area contributed by atoms with E-state index in [1.807, 2.05) is 0 Å². The number of anilines is 1. The fraction of sp³-hybridized carbons (Fsp3) is 0.0714. The molecule has 2 rings (SSSR count). The zero-order valence-electron chi connectivity index (χ0n) is 11.0. The second kappa shape index (κ2) is 6.27. The molecular weight excluding hydrogens is 295 g/mol. The second-order valence-electron chi connectivity index (χ2n) is 4.18. The molecule has 0 aliphatic rings. The zero-order chi connectivity index (χ0) is 15.4. The maximum Gasteiger partial charge on any atom is 0.328 e. The van der Waals surface area contributed by atoms with E-state index in [0.29, 0.717) is 4.88 Å². The zero-order valence-corrected chi connectivity index (χ0v) is 11.8. The summed E-state index contributed by atoms with van der Waals surface area (Å²) >= 11 is 1.09. The average Bonchev–Trinajstić information content (AvgIpc) is 2.86. The number of aryl methyl sites for hydroxylation is 1. The molecule has 1 aromatic carbocycles. The molecule has 0 unspecified atom stereocenters. The molecule has 1 heterocycles. The van der Waals surface area contributed by atoms with Crippen LogP contribution in [-0.2, 0) is 4.79 Å². The van der Waals surface area contributed by atoms with Crippen LogP contribution in [0.4, 0.5) is 9.52 Å². The summed E-state index contributed by atoms with van der Waals surface area (Å²) in [5, 5.41) is 11.3. The van der Waals surface area contributed by atoms with Crippen LogP contribution in [0.5, 0.6) is 0 Å². The van der Waals surface area contributed by atoms with Crippen molar-refractivity contribution in [2.24, 2.45) is 0 Å². The Labute approximate surface area is 123 Å². The molecule has 1 aromatic heterocycles. The van der Waals surface area contributed by atoms with E-state index >= 15 is 0 Å². The van der Waals surface area contributed by atoms with Crippen molar-refractivity contribution < 1.29 is 19.1 Å². The lowest BCUT2D eigenvalue weighted by Crippen LogP contribution is -2.13. The maximum atomic E-state index is 13.6. The number of nitrogens with zero attached hydrogens (tertiary/aromatic N) is 1. The van der Waals surface area contributed by atoms with Gasteiger partial charge in [-0.1, -0.05) is 23.0 Å². The molecule has 0 atom stereocenters. The topological polar surface area (TPSA) is 79.3 Å². The minimum Gasteiger partial charge on any atom is -0.478 e. The van der Waals surface area contributed by atoms with Crippen LogP contribution in [0.25, 0.3) is 6.08 Å². The smallest absolute Gasteiger partial charge is 0.328 e. The number of thiazole rings is 1. The van der Waals surface area contributed by atoms with Gasteiger partial charge in [0.2, 0.25) is 0 Å². The summed E-state index contributed by atoms with van der Waals surface area (Å²) < 4.78 is 13.6. The van der Waals surface area contributed by atoms with Crippen LogP contribution in [0.15, 0.2) is 30.5 Å². The minimum atomic E-state index is -1.07. The molecule has 0 aliphatic heterocycles. The van der Waals surface area contributed by atoms with Gasteiger partial charge >= 0.3 is 5.97 Å². The van der Waals surface area contributed by atoms with Crippen molar-refractivity contribution in [1.82, 2.24) is 4.98 Å². The minimum absolute atomic E-state index is 0.0622. The molecular formula is C14H11FN2O3S. The van der Waals surface area contributed by atoms with Crippen LogP contribution in [0.1, 0.15) is 20.8 Å². The number of carboxylic acids is 1. The molecule has 0 saturated heterocycles. The summed E-state index contributed by atoms with van der Waals surface area (Å²) in [6.07, 6.45) is 3.76. The van der Waals surface area contributed by atoms with Gasteiger partial charge in [0, 0.05) is 17.2 Å². The van der Waals surface area contributed by atoms with E-state index < -0.39 is 17.7 Å². The third-order valence-electron chi connectivity index (χ3n) is 2.50. The highest BCUT2D eigenvalue weighted by atomic mass is 32.1. The Hall–Kier alpha value is -2.54. The van der Waals surface area contributed by atoms with Crippen LogP contribution in [0.3, 0.4) is 0 Å². The molecule has 0 fully saturated rings. The lowest BCUT2D eigenvalue weighted by molar-refractivity contribution is -0.131. The predicted molar refractivity (Wildman–Crippen MR) is 77.9 cm³/mol. The first kappa shape index (κ1) is 14.9. The van der Waals surface area contributed by atoms with E-state index in [4.69, 9.17) is 5.11 Å². The van der Waals surface area contributed by atoms with Gasteiger partial charge in [0.05, 0.1) is 5.56 Å². The van der Waals surface area contributed by atoms with E-state index in [1.165, 1.54) is 24.4 Å². The highest BCUT2D eigenvalue weighted by molar-refractivity contribution is 7.16. The first-order chi connectivity index (χ1) is 9.95. The number of carbonyl (C=O) groups excluding carboxylic acids is 1. The molecule has 2 aromatic rings. The van der Waals surface area contributed by atoms with Gasteiger partial charge in [-0.3, -0.25) is 10.1 Å². The lowest BCUT2D eigenvalue weighted by Gasteiger charge is -2.04. The Bertz CT molecular complexity index is 725. The largest absolute Gasteiger partial charge is 0.478 e. The Kier molecular flexibility index (Phi) is 4.44. The van der Waals surface area contributed by atoms with Crippen LogP contribution in [-0.4, -0.2) is 22.0 Å². The quantitative estimate of drug-likeness (QED) is 0.851. The Morgan fingerprint density at radius 2 is 2.19 bits per heavy atom. The summed E-state index contributed by atoms with van der Waals surface area (Å²) in [6.45, 7) is 1.76. The van der Waals surface area contributed by atoms with Crippen LogP contribution in [0.2, 0.25) is 0 Å². The third kappa shape index (κ3) is 3.96. The number of aromatic nitrogens is 1. The molecule has 0 aliphatic carbocycles. The molecule has 0 saturated carbocycles. The number of carbonyl (C=O) groups is 2. The summed E-state index contributed by atoms with van der Waals surface area (Å²) in [4.78, 5) is 26.9. The number of aliphatic carboxylic acids is 1. The van der Waals surface area contributed by atoms with Crippen molar-refractivity contribution >= 4 is 34.4 Å². The first-order valence-corrected chi connectivity index (χ1v) is 6.71. The van der Waals surface area contributed by atoms with Gasteiger partial charge < -0.3 is 5.11 Å². The number of halogens is 1. The van der Waals surface area contributed by atoms with E-state index in [9.17, 15) is 14.0 Å². The van der Waals surface area contributed by atoms with Gasteiger partial charge in [-0.15, -0.1) is 0 Å². The Morgan fingerprint density at radius 3 is 2.90 bits per heavy atom. The number of carboxylic acid groups (broad SMARTS) is 1. The first-order valence-electron chi connectivity index (χ1n) is 5.90. The molecule has 5 nitrogen and oxygen atoms in total. The van der Waals surface area contributed by atoms with Crippen molar-refractivity contribution in [3.8, 4) is 0 Å². The summed E-state index contributed by atoms with van der Waals surface area (Å²) in [7, 11) is 0. The molecule has 108 valence electrons.